The number of anilines is 1. The second-order valence-electron chi connectivity index (χ2n) is 7.48. The molecule has 3 heterocycles. The number of rotatable bonds is 5. The summed E-state index contributed by atoms with van der Waals surface area (Å²) in [6.07, 6.45) is 1.69. The molecular weight excluding hydrogens is 396 g/mol. The third-order valence-electron chi connectivity index (χ3n) is 4.82. The largest absolute Gasteiger partial charge is 0.322 e. The van der Waals surface area contributed by atoms with Crippen LogP contribution in [0.1, 0.15) is 52.4 Å². The van der Waals surface area contributed by atoms with Crippen LogP contribution in [-0.2, 0) is 0 Å². The molecule has 1 N–H and O–H groups in total. The Labute approximate surface area is 178 Å². The molecule has 1 amide bonds. The van der Waals surface area contributed by atoms with Gasteiger partial charge in [0.2, 0.25) is 0 Å². The Morgan fingerprint density at radius 3 is 2.60 bits per heavy atom. The van der Waals surface area contributed by atoms with Gasteiger partial charge in [0.05, 0.1) is 27.7 Å². The molecule has 6 nitrogen and oxygen atoms in total. The highest BCUT2D eigenvalue weighted by molar-refractivity contribution is 7.15. The SMILES string of the molecule is CC(=O)c1cccc(NC(=O)c2cc(-c3ccc(C)s3)nc3c2cnn3C(C)C)c1. The Morgan fingerprint density at radius 1 is 1.13 bits per heavy atom. The molecule has 0 atom stereocenters. The first kappa shape index (κ1) is 20.0. The van der Waals surface area contributed by atoms with Crippen LogP contribution < -0.4 is 5.32 Å². The molecular formula is C23H22N4O2S. The molecule has 0 bridgehead atoms. The summed E-state index contributed by atoms with van der Waals surface area (Å²) in [7, 11) is 0. The Bertz CT molecular complexity index is 1270. The van der Waals surface area contributed by atoms with Crippen LogP contribution in [0.25, 0.3) is 21.6 Å². The highest BCUT2D eigenvalue weighted by atomic mass is 32.1. The van der Waals surface area contributed by atoms with Crippen molar-refractivity contribution in [2.75, 3.05) is 5.32 Å². The fraction of sp³-hybridized carbons (Fsp3) is 0.217. The van der Waals surface area contributed by atoms with Gasteiger partial charge in [-0.25, -0.2) is 9.67 Å². The average molecular weight is 419 g/mol. The van der Waals surface area contributed by atoms with Crippen molar-refractivity contribution in [1.29, 1.82) is 0 Å². The van der Waals surface area contributed by atoms with Crippen LogP contribution in [0, 0.1) is 6.92 Å². The van der Waals surface area contributed by atoms with Crippen molar-refractivity contribution in [3.8, 4) is 10.6 Å². The molecule has 0 aliphatic carbocycles. The quantitative estimate of drug-likeness (QED) is 0.434. The number of carbonyl (C=O) groups excluding carboxylic acids is 2. The van der Waals surface area contributed by atoms with Crippen LogP contribution in [0.4, 0.5) is 5.69 Å². The van der Waals surface area contributed by atoms with E-state index in [4.69, 9.17) is 4.98 Å². The van der Waals surface area contributed by atoms with Crippen LogP contribution >= 0.6 is 11.3 Å². The predicted molar refractivity (Wildman–Crippen MR) is 120 cm³/mol. The number of hydrogen-bond acceptors (Lipinski definition) is 5. The van der Waals surface area contributed by atoms with E-state index in [1.54, 1.807) is 41.8 Å². The fourth-order valence-electron chi connectivity index (χ4n) is 3.30. The number of fused-ring (bicyclic) bond motifs is 1. The van der Waals surface area contributed by atoms with Crippen molar-refractivity contribution in [2.45, 2.75) is 33.7 Å². The van der Waals surface area contributed by atoms with Crippen molar-refractivity contribution in [1.82, 2.24) is 14.8 Å². The first-order valence-electron chi connectivity index (χ1n) is 9.71. The Hall–Kier alpha value is -3.32. The van der Waals surface area contributed by atoms with E-state index in [1.807, 2.05) is 43.7 Å². The first-order chi connectivity index (χ1) is 14.3. The van der Waals surface area contributed by atoms with E-state index >= 15 is 0 Å². The van der Waals surface area contributed by atoms with Gasteiger partial charge in [-0.1, -0.05) is 12.1 Å². The summed E-state index contributed by atoms with van der Waals surface area (Å²) in [6.45, 7) is 7.61. The minimum Gasteiger partial charge on any atom is -0.322 e. The normalized spacial score (nSPS) is 11.2. The number of Topliss-reactive ketones (excluding diaryl/α,β-unsaturated/α-hetero) is 1. The first-order valence-corrected chi connectivity index (χ1v) is 10.5. The van der Waals surface area contributed by atoms with Gasteiger partial charge in [0, 0.05) is 22.2 Å². The van der Waals surface area contributed by atoms with Crippen molar-refractivity contribution >= 4 is 39.7 Å². The zero-order chi connectivity index (χ0) is 21.4. The molecule has 0 aliphatic heterocycles. The van der Waals surface area contributed by atoms with E-state index < -0.39 is 0 Å². The van der Waals surface area contributed by atoms with Crippen LogP contribution in [0.3, 0.4) is 0 Å². The number of benzene rings is 1. The van der Waals surface area contributed by atoms with Gasteiger partial charge in [-0.05, 0) is 58.0 Å². The molecule has 3 aromatic heterocycles. The lowest BCUT2D eigenvalue weighted by atomic mass is 10.1. The summed E-state index contributed by atoms with van der Waals surface area (Å²) < 4.78 is 1.83. The molecule has 1 aromatic carbocycles. The third-order valence-corrected chi connectivity index (χ3v) is 5.84. The lowest BCUT2D eigenvalue weighted by Crippen LogP contribution is -2.13. The van der Waals surface area contributed by atoms with Gasteiger partial charge in [0.25, 0.3) is 5.91 Å². The molecule has 0 saturated carbocycles. The molecule has 0 unspecified atom stereocenters. The van der Waals surface area contributed by atoms with Gasteiger partial charge in [0.1, 0.15) is 0 Å². The van der Waals surface area contributed by atoms with Gasteiger partial charge in [-0.3, -0.25) is 9.59 Å². The Morgan fingerprint density at radius 2 is 1.93 bits per heavy atom. The average Bonchev–Trinajstić information content (AvgIpc) is 3.33. The van der Waals surface area contributed by atoms with Crippen LogP contribution in [-0.4, -0.2) is 26.5 Å². The number of carbonyl (C=O) groups is 2. The lowest BCUT2D eigenvalue weighted by Gasteiger charge is -2.11. The summed E-state index contributed by atoms with van der Waals surface area (Å²) in [5.74, 6) is -0.313. The number of amides is 1. The molecule has 0 radical (unpaired) electrons. The number of aryl methyl sites for hydroxylation is 1. The number of ketones is 1. The van der Waals surface area contributed by atoms with E-state index in [0.717, 1.165) is 10.6 Å². The van der Waals surface area contributed by atoms with Gasteiger partial charge in [-0.15, -0.1) is 11.3 Å². The monoisotopic (exact) mass is 418 g/mol. The molecule has 152 valence electrons. The number of nitrogens with one attached hydrogen (secondary N) is 1. The minimum absolute atomic E-state index is 0.0500. The Kier molecular flexibility index (Phi) is 5.22. The third kappa shape index (κ3) is 3.76. The molecule has 0 saturated heterocycles. The highest BCUT2D eigenvalue weighted by Gasteiger charge is 2.19. The smallest absolute Gasteiger partial charge is 0.256 e. The second-order valence-corrected chi connectivity index (χ2v) is 8.76. The summed E-state index contributed by atoms with van der Waals surface area (Å²) in [6, 6.07) is 12.9. The molecule has 0 spiro atoms. The minimum atomic E-state index is -0.263. The molecule has 4 rings (SSSR count). The predicted octanol–water partition coefficient (Wildman–Crippen LogP) is 5.50. The van der Waals surface area contributed by atoms with E-state index in [-0.39, 0.29) is 17.7 Å². The number of pyridine rings is 1. The van der Waals surface area contributed by atoms with Crippen molar-refractivity contribution in [3.05, 3.63) is 64.7 Å². The fourth-order valence-corrected chi connectivity index (χ4v) is 4.12. The second kappa shape index (κ2) is 7.84. The van der Waals surface area contributed by atoms with E-state index in [9.17, 15) is 9.59 Å². The number of nitrogens with zero attached hydrogens (tertiary/aromatic N) is 3. The zero-order valence-electron chi connectivity index (χ0n) is 17.3. The van der Waals surface area contributed by atoms with Gasteiger partial charge in [-0.2, -0.15) is 5.10 Å². The number of thiophene rings is 1. The van der Waals surface area contributed by atoms with Gasteiger partial charge in [0.15, 0.2) is 11.4 Å². The van der Waals surface area contributed by atoms with E-state index in [0.29, 0.717) is 27.8 Å². The summed E-state index contributed by atoms with van der Waals surface area (Å²) in [5.41, 5.74) is 3.04. The van der Waals surface area contributed by atoms with Crippen molar-refractivity contribution < 1.29 is 9.59 Å². The number of hydrogen-bond donors (Lipinski definition) is 1. The molecule has 4 aromatic rings. The van der Waals surface area contributed by atoms with Crippen molar-refractivity contribution in [2.24, 2.45) is 0 Å². The van der Waals surface area contributed by atoms with Crippen LogP contribution in [0.15, 0.2) is 48.7 Å². The Balaban J connectivity index is 1.81. The highest BCUT2D eigenvalue weighted by Crippen LogP contribution is 2.31. The van der Waals surface area contributed by atoms with Crippen LogP contribution in [0.2, 0.25) is 0 Å². The summed E-state index contributed by atoms with van der Waals surface area (Å²) >= 11 is 1.63. The standard InChI is InChI=1S/C23H22N4O2S/c1-13(2)27-22-19(12-24-27)18(11-20(26-22)21-9-8-14(3)30-21)23(29)25-17-7-5-6-16(10-17)15(4)28/h5-13H,1-4H3,(H,25,29). The zero-order valence-corrected chi connectivity index (χ0v) is 18.1. The van der Waals surface area contributed by atoms with Crippen LogP contribution in [0.5, 0.6) is 0 Å². The molecule has 30 heavy (non-hydrogen) atoms. The maximum absolute atomic E-state index is 13.2. The van der Waals surface area contributed by atoms with Gasteiger partial charge >= 0.3 is 0 Å². The maximum atomic E-state index is 13.2. The van der Waals surface area contributed by atoms with Crippen molar-refractivity contribution in [3.63, 3.8) is 0 Å². The topological polar surface area (TPSA) is 76.9 Å². The molecule has 0 fully saturated rings. The summed E-state index contributed by atoms with van der Waals surface area (Å²) in [5, 5.41) is 8.07. The number of aromatic nitrogens is 3. The summed E-state index contributed by atoms with van der Waals surface area (Å²) in [4.78, 5) is 31.9. The van der Waals surface area contributed by atoms with E-state index in [1.165, 1.54) is 11.8 Å². The maximum Gasteiger partial charge on any atom is 0.256 e. The molecule has 0 aliphatic rings. The van der Waals surface area contributed by atoms with E-state index in [2.05, 4.69) is 10.4 Å². The molecule has 7 heteroatoms. The van der Waals surface area contributed by atoms with Gasteiger partial charge < -0.3 is 5.32 Å². The lowest BCUT2D eigenvalue weighted by molar-refractivity contribution is 0.101.